The minimum atomic E-state index is -0.912. The second-order valence-electron chi connectivity index (χ2n) is 7.53. The number of amides is 1. The predicted molar refractivity (Wildman–Crippen MR) is 99.4 cm³/mol. The highest BCUT2D eigenvalue weighted by molar-refractivity contribution is 5.91. The first kappa shape index (κ1) is 18.0. The van der Waals surface area contributed by atoms with Crippen molar-refractivity contribution in [2.45, 2.75) is 45.9 Å². The van der Waals surface area contributed by atoms with Crippen molar-refractivity contribution in [2.75, 3.05) is 0 Å². The second kappa shape index (κ2) is 6.83. The maximum absolute atomic E-state index is 12.4. The number of hydrogen-bond donors (Lipinski definition) is 1. The topological polar surface area (TPSA) is 66.8 Å². The minimum absolute atomic E-state index is 0.333. The fourth-order valence-electron chi connectivity index (χ4n) is 3.18. The highest BCUT2D eigenvalue weighted by atomic mass is 16.6. The molecule has 1 aromatic carbocycles. The fourth-order valence-corrected chi connectivity index (χ4v) is 3.18. The summed E-state index contributed by atoms with van der Waals surface area (Å²) in [5, 5.41) is 9.35. The van der Waals surface area contributed by atoms with Gasteiger partial charge >= 0.3 is 12.1 Å². The van der Waals surface area contributed by atoms with Crippen LogP contribution in [0.1, 0.15) is 43.9 Å². The first-order valence-electron chi connectivity index (χ1n) is 8.63. The van der Waals surface area contributed by atoms with Gasteiger partial charge in [0.25, 0.3) is 0 Å². The summed E-state index contributed by atoms with van der Waals surface area (Å²) in [7, 11) is 0. The Balaban J connectivity index is 1.87. The highest BCUT2D eigenvalue weighted by Gasteiger charge is 2.29. The smallest absolute Gasteiger partial charge is 0.410 e. The van der Waals surface area contributed by atoms with E-state index in [9.17, 15) is 14.7 Å². The van der Waals surface area contributed by atoms with E-state index in [-0.39, 0.29) is 6.09 Å². The van der Waals surface area contributed by atoms with Gasteiger partial charge in [-0.05, 0) is 43.0 Å². The van der Waals surface area contributed by atoms with Crippen LogP contribution in [0.5, 0.6) is 0 Å². The van der Waals surface area contributed by atoms with Crippen molar-refractivity contribution in [1.82, 2.24) is 4.90 Å². The van der Waals surface area contributed by atoms with E-state index in [4.69, 9.17) is 4.74 Å². The quantitative estimate of drug-likeness (QED) is 0.861. The third kappa shape index (κ3) is 3.87. The molecule has 0 unspecified atom stereocenters. The maximum Gasteiger partial charge on any atom is 0.410 e. The summed E-state index contributed by atoms with van der Waals surface area (Å²) >= 11 is 0. The monoisotopic (exact) mass is 353 g/mol. The molecule has 0 radical (unpaired) electrons. The summed E-state index contributed by atoms with van der Waals surface area (Å²) in [6, 6.07) is 5.94. The number of carboxylic acid groups (broad SMARTS) is 1. The molecule has 1 N–H and O–H groups in total. The van der Waals surface area contributed by atoms with Gasteiger partial charge in [0.15, 0.2) is 0 Å². The molecule has 26 heavy (non-hydrogen) atoms. The Kier molecular flexibility index (Phi) is 4.72. The normalized spacial score (nSPS) is 16.5. The van der Waals surface area contributed by atoms with Crippen LogP contribution < -0.4 is 0 Å². The van der Waals surface area contributed by atoms with Gasteiger partial charge in [0.1, 0.15) is 5.60 Å². The number of ether oxygens (including phenoxy) is 1. The summed E-state index contributed by atoms with van der Waals surface area (Å²) in [6.07, 6.45) is 7.18. The Morgan fingerprint density at radius 3 is 2.54 bits per heavy atom. The molecule has 5 heteroatoms. The lowest BCUT2D eigenvalue weighted by Crippen LogP contribution is -2.33. The molecule has 2 aliphatic rings. The van der Waals surface area contributed by atoms with Crippen molar-refractivity contribution in [3.63, 3.8) is 0 Å². The molecule has 1 aromatic rings. The van der Waals surface area contributed by atoms with Crippen LogP contribution in [0, 0.1) is 0 Å². The summed E-state index contributed by atoms with van der Waals surface area (Å²) in [4.78, 5) is 25.5. The number of carbonyl (C=O) groups excluding carboxylic acids is 1. The Hall–Kier alpha value is -2.82. The second-order valence-corrected chi connectivity index (χ2v) is 7.53. The molecule has 0 spiro atoms. The molecule has 136 valence electrons. The van der Waals surface area contributed by atoms with Gasteiger partial charge < -0.3 is 9.84 Å². The molecule has 1 aliphatic carbocycles. The number of carboxylic acids is 1. The zero-order chi connectivity index (χ0) is 18.9. The number of aliphatic carboxylic acids is 1. The number of hydrogen-bond acceptors (Lipinski definition) is 3. The molecule has 0 atom stereocenters. The molecular weight excluding hydrogens is 330 g/mol. The Morgan fingerprint density at radius 1 is 1.12 bits per heavy atom. The van der Waals surface area contributed by atoms with Crippen LogP contribution in [0.2, 0.25) is 0 Å². The lowest BCUT2D eigenvalue weighted by Gasteiger charge is -2.24. The number of fused-ring (bicyclic) bond motifs is 1. The van der Waals surface area contributed by atoms with Crippen LogP contribution in [-0.2, 0) is 22.6 Å². The highest BCUT2D eigenvalue weighted by Crippen LogP contribution is 2.34. The van der Waals surface area contributed by atoms with Gasteiger partial charge in [-0.1, -0.05) is 42.5 Å². The van der Waals surface area contributed by atoms with E-state index in [1.54, 1.807) is 17.1 Å². The molecule has 1 heterocycles. The van der Waals surface area contributed by atoms with Crippen molar-refractivity contribution in [2.24, 2.45) is 0 Å². The van der Waals surface area contributed by atoms with Gasteiger partial charge in [-0.25, -0.2) is 9.59 Å². The van der Waals surface area contributed by atoms with Crippen LogP contribution in [0.3, 0.4) is 0 Å². The third-order valence-electron chi connectivity index (χ3n) is 4.34. The summed E-state index contributed by atoms with van der Waals surface area (Å²) in [6.45, 7) is 6.52. The molecule has 3 rings (SSSR count). The number of benzene rings is 1. The van der Waals surface area contributed by atoms with Gasteiger partial charge in [-0.3, -0.25) is 4.90 Å². The molecule has 0 fully saturated rings. The minimum Gasteiger partial charge on any atom is -0.478 e. The Bertz CT molecular complexity index is 840. The van der Waals surface area contributed by atoms with Gasteiger partial charge in [0.2, 0.25) is 0 Å². The number of carbonyl (C=O) groups is 2. The summed E-state index contributed by atoms with van der Waals surface area (Å²) in [5.74, 6) is -0.912. The van der Waals surface area contributed by atoms with E-state index in [1.165, 1.54) is 0 Å². The van der Waals surface area contributed by atoms with Crippen molar-refractivity contribution >= 4 is 17.6 Å². The zero-order valence-electron chi connectivity index (χ0n) is 15.3. The van der Waals surface area contributed by atoms with Crippen molar-refractivity contribution in [3.8, 4) is 0 Å². The van der Waals surface area contributed by atoms with E-state index >= 15 is 0 Å². The first-order chi connectivity index (χ1) is 12.2. The molecule has 0 saturated carbocycles. The molecule has 0 aromatic heterocycles. The zero-order valence-corrected chi connectivity index (χ0v) is 15.3. The molecule has 5 nitrogen and oxygen atoms in total. The van der Waals surface area contributed by atoms with Crippen LogP contribution >= 0.6 is 0 Å². The fraction of sp³-hybridized carbons (Fsp3) is 0.333. The lowest BCUT2D eigenvalue weighted by molar-refractivity contribution is -0.132. The molecule has 1 aliphatic heterocycles. The lowest BCUT2D eigenvalue weighted by atomic mass is 9.93. The molecule has 1 amide bonds. The van der Waals surface area contributed by atoms with Gasteiger partial charge in [0, 0.05) is 18.5 Å². The number of rotatable bonds is 2. The first-order valence-corrected chi connectivity index (χ1v) is 8.63. The SMILES string of the molecule is CC(C)(C)OC(=O)N1Cc2cccc(C3=CC=CC=C(C(=O)O)C3)c2C1. The molecular formula is C21H23NO4. The molecule has 0 bridgehead atoms. The van der Waals surface area contributed by atoms with Gasteiger partial charge in [0.05, 0.1) is 6.54 Å². The van der Waals surface area contributed by atoms with Crippen LogP contribution in [-0.4, -0.2) is 27.7 Å². The number of allylic oxidation sites excluding steroid dienone is 5. The van der Waals surface area contributed by atoms with E-state index < -0.39 is 11.6 Å². The third-order valence-corrected chi connectivity index (χ3v) is 4.34. The van der Waals surface area contributed by atoms with Crippen LogP contribution in [0.15, 0.2) is 48.1 Å². The van der Waals surface area contributed by atoms with Crippen LogP contribution in [0.25, 0.3) is 5.57 Å². The maximum atomic E-state index is 12.4. The Labute approximate surface area is 153 Å². The largest absolute Gasteiger partial charge is 0.478 e. The van der Waals surface area contributed by atoms with E-state index in [1.807, 2.05) is 51.1 Å². The van der Waals surface area contributed by atoms with E-state index in [0.29, 0.717) is 25.1 Å². The van der Waals surface area contributed by atoms with Crippen molar-refractivity contribution in [1.29, 1.82) is 0 Å². The number of nitrogens with zero attached hydrogens (tertiary/aromatic N) is 1. The summed E-state index contributed by atoms with van der Waals surface area (Å²) < 4.78 is 5.48. The van der Waals surface area contributed by atoms with Gasteiger partial charge in [-0.15, -0.1) is 0 Å². The van der Waals surface area contributed by atoms with Crippen molar-refractivity contribution < 1.29 is 19.4 Å². The van der Waals surface area contributed by atoms with Gasteiger partial charge in [-0.2, -0.15) is 0 Å². The molecule has 0 saturated heterocycles. The van der Waals surface area contributed by atoms with Crippen LogP contribution in [0.4, 0.5) is 4.79 Å². The Morgan fingerprint density at radius 2 is 1.85 bits per heavy atom. The average molecular weight is 353 g/mol. The van der Waals surface area contributed by atoms with Crippen molar-refractivity contribution in [3.05, 3.63) is 64.8 Å². The standard InChI is InChI=1S/C21H23NO4/c1-21(2,3)26-20(25)22-12-16-9-6-10-17(18(16)13-22)14-7-4-5-8-15(11-14)19(23)24/h4-10H,11-13H2,1-3H3,(H,23,24). The average Bonchev–Trinajstić information content (AvgIpc) is 2.83. The van der Waals surface area contributed by atoms with E-state index in [0.717, 1.165) is 22.3 Å². The summed E-state index contributed by atoms with van der Waals surface area (Å²) in [5.41, 5.74) is 3.88. The van der Waals surface area contributed by atoms with E-state index in [2.05, 4.69) is 0 Å². The predicted octanol–water partition coefficient (Wildman–Crippen LogP) is 4.29.